The average Bonchev–Trinajstić information content (AvgIpc) is 2.62. The van der Waals surface area contributed by atoms with Crippen LogP contribution in [0.15, 0.2) is 35.3 Å². The van der Waals surface area contributed by atoms with E-state index in [1.165, 1.54) is 0 Å². The second kappa shape index (κ2) is 15.2. The van der Waals surface area contributed by atoms with E-state index in [9.17, 15) is 5.11 Å². The largest absolute Gasteiger partial charge is 0.396 e. The van der Waals surface area contributed by atoms with E-state index in [0.717, 1.165) is 37.6 Å². The Morgan fingerprint density at radius 3 is 2.38 bits per heavy atom. The number of hydrogen-bond donors (Lipinski definition) is 3. The lowest BCUT2D eigenvalue weighted by Crippen LogP contribution is -2.39. The number of nitrogens with zero attached hydrogens (tertiary/aromatic N) is 1. The predicted molar refractivity (Wildman–Crippen MR) is 121 cm³/mol. The summed E-state index contributed by atoms with van der Waals surface area (Å²) in [6, 6.07) is 10.0. The number of aliphatic hydroxyl groups is 1. The maximum absolute atomic E-state index is 9.66. The van der Waals surface area contributed by atoms with Gasteiger partial charge in [-0.25, -0.2) is 0 Å². The fourth-order valence-electron chi connectivity index (χ4n) is 2.69. The van der Waals surface area contributed by atoms with Crippen molar-refractivity contribution in [3.8, 4) is 0 Å². The van der Waals surface area contributed by atoms with Gasteiger partial charge in [0, 0.05) is 25.6 Å². The van der Waals surface area contributed by atoms with E-state index in [1.54, 1.807) is 0 Å². The molecular weight excluding hydrogens is 441 g/mol. The minimum Gasteiger partial charge on any atom is -0.396 e. The third kappa shape index (κ3) is 9.73. The van der Waals surface area contributed by atoms with Crippen LogP contribution in [-0.4, -0.2) is 50.0 Å². The molecule has 150 valence electrons. The predicted octanol–water partition coefficient (Wildman–Crippen LogP) is 3.39. The smallest absolute Gasteiger partial charge is 0.191 e. The van der Waals surface area contributed by atoms with Crippen LogP contribution in [0.4, 0.5) is 0 Å². The summed E-state index contributed by atoms with van der Waals surface area (Å²) in [6.45, 7) is 11.5. The molecule has 3 N–H and O–H groups in total. The van der Waals surface area contributed by atoms with Crippen LogP contribution in [0.2, 0.25) is 0 Å². The van der Waals surface area contributed by atoms with Crippen LogP contribution in [0.3, 0.4) is 0 Å². The number of hydrogen-bond acceptors (Lipinski definition) is 3. The lowest BCUT2D eigenvalue weighted by Gasteiger charge is -2.21. The Hall–Kier alpha value is -0.860. The molecule has 1 aromatic carbocycles. The van der Waals surface area contributed by atoms with Crippen molar-refractivity contribution in [3.05, 3.63) is 35.9 Å². The molecule has 0 aliphatic carbocycles. The van der Waals surface area contributed by atoms with E-state index in [4.69, 9.17) is 4.74 Å². The highest BCUT2D eigenvalue weighted by Crippen LogP contribution is 2.15. The van der Waals surface area contributed by atoms with Gasteiger partial charge < -0.3 is 20.5 Å². The van der Waals surface area contributed by atoms with Crippen molar-refractivity contribution in [2.45, 2.75) is 46.1 Å². The SMILES string of the molecule is CCNC(=NCC(CO)c1ccccc1)NCCC(OCC)C(C)C.I. The van der Waals surface area contributed by atoms with E-state index in [0.29, 0.717) is 12.5 Å². The Morgan fingerprint density at radius 1 is 1.15 bits per heavy atom. The summed E-state index contributed by atoms with van der Waals surface area (Å²) in [5, 5.41) is 16.3. The van der Waals surface area contributed by atoms with Gasteiger partial charge in [-0.3, -0.25) is 4.99 Å². The molecule has 0 bridgehead atoms. The Balaban J connectivity index is 0.00000625. The van der Waals surface area contributed by atoms with Gasteiger partial charge in [0.15, 0.2) is 5.96 Å². The molecule has 0 amide bonds. The summed E-state index contributed by atoms with van der Waals surface area (Å²) in [5.74, 6) is 1.30. The zero-order chi connectivity index (χ0) is 18.5. The highest BCUT2D eigenvalue weighted by Gasteiger charge is 2.13. The molecule has 26 heavy (non-hydrogen) atoms. The minimum atomic E-state index is 0. The van der Waals surface area contributed by atoms with Crippen LogP contribution >= 0.6 is 24.0 Å². The molecule has 0 spiro atoms. The molecule has 0 saturated carbocycles. The van der Waals surface area contributed by atoms with Gasteiger partial charge >= 0.3 is 0 Å². The van der Waals surface area contributed by atoms with Gasteiger partial charge in [-0.1, -0.05) is 44.2 Å². The van der Waals surface area contributed by atoms with Gasteiger partial charge in [-0.15, -0.1) is 24.0 Å². The van der Waals surface area contributed by atoms with Crippen molar-refractivity contribution in [1.82, 2.24) is 10.6 Å². The molecule has 0 aromatic heterocycles. The number of nitrogens with one attached hydrogen (secondary N) is 2. The standard InChI is InChI=1S/C20H35N3O2.HI/c1-5-21-20(22-13-12-19(16(3)4)25-6-2)23-14-18(15-24)17-10-8-7-9-11-17;/h7-11,16,18-19,24H,5-6,12-15H2,1-4H3,(H2,21,22,23);1H. The molecule has 0 radical (unpaired) electrons. The average molecular weight is 477 g/mol. The van der Waals surface area contributed by atoms with Crippen molar-refractivity contribution in [2.24, 2.45) is 10.9 Å². The second-order valence-corrected chi connectivity index (χ2v) is 6.46. The summed E-state index contributed by atoms with van der Waals surface area (Å²) in [5.41, 5.74) is 1.11. The van der Waals surface area contributed by atoms with Crippen LogP contribution in [-0.2, 0) is 4.74 Å². The number of halogens is 1. The van der Waals surface area contributed by atoms with Crippen LogP contribution in [0.1, 0.15) is 45.6 Å². The third-order valence-corrected chi connectivity index (χ3v) is 4.15. The zero-order valence-corrected chi connectivity index (χ0v) is 18.9. The summed E-state index contributed by atoms with van der Waals surface area (Å²) < 4.78 is 5.79. The molecule has 5 nitrogen and oxygen atoms in total. The summed E-state index contributed by atoms with van der Waals surface area (Å²) in [6.07, 6.45) is 1.20. The molecule has 0 aliphatic rings. The Kier molecular flexibility index (Phi) is 14.7. The normalized spacial score (nSPS) is 13.8. The second-order valence-electron chi connectivity index (χ2n) is 6.46. The first kappa shape index (κ1) is 25.1. The van der Waals surface area contributed by atoms with E-state index in [2.05, 4.69) is 36.4 Å². The topological polar surface area (TPSA) is 65.9 Å². The number of aliphatic hydroxyl groups excluding tert-OH is 1. The number of ether oxygens (including phenoxy) is 1. The quantitative estimate of drug-likeness (QED) is 0.260. The lowest BCUT2D eigenvalue weighted by atomic mass is 10.0. The zero-order valence-electron chi connectivity index (χ0n) is 16.6. The third-order valence-electron chi connectivity index (χ3n) is 4.15. The summed E-state index contributed by atoms with van der Waals surface area (Å²) in [4.78, 5) is 4.64. The summed E-state index contributed by atoms with van der Waals surface area (Å²) in [7, 11) is 0. The molecular formula is C20H36IN3O2. The van der Waals surface area contributed by atoms with Crippen molar-refractivity contribution < 1.29 is 9.84 Å². The van der Waals surface area contributed by atoms with Crippen LogP contribution < -0.4 is 10.6 Å². The highest BCUT2D eigenvalue weighted by atomic mass is 127. The Labute approximate surface area is 176 Å². The monoisotopic (exact) mass is 477 g/mol. The van der Waals surface area contributed by atoms with Gasteiger partial charge in [0.2, 0.25) is 0 Å². The minimum absolute atomic E-state index is 0. The van der Waals surface area contributed by atoms with E-state index in [1.807, 2.05) is 37.3 Å². The van der Waals surface area contributed by atoms with Crippen molar-refractivity contribution in [2.75, 3.05) is 32.8 Å². The van der Waals surface area contributed by atoms with Gasteiger partial charge in [-0.2, -0.15) is 0 Å². The molecule has 2 unspecified atom stereocenters. The maximum Gasteiger partial charge on any atom is 0.191 e. The molecule has 0 saturated heterocycles. The Morgan fingerprint density at radius 2 is 1.85 bits per heavy atom. The maximum atomic E-state index is 9.66. The number of guanidine groups is 1. The fraction of sp³-hybridized carbons (Fsp3) is 0.650. The number of aliphatic imine (C=N–C) groups is 1. The van der Waals surface area contributed by atoms with Crippen molar-refractivity contribution in [1.29, 1.82) is 0 Å². The first-order chi connectivity index (χ1) is 12.1. The molecule has 1 rings (SSSR count). The van der Waals surface area contributed by atoms with Crippen LogP contribution in [0, 0.1) is 5.92 Å². The first-order valence-electron chi connectivity index (χ1n) is 9.41. The van der Waals surface area contributed by atoms with E-state index >= 15 is 0 Å². The van der Waals surface area contributed by atoms with Crippen LogP contribution in [0.25, 0.3) is 0 Å². The molecule has 0 heterocycles. The molecule has 0 aliphatic heterocycles. The first-order valence-corrected chi connectivity index (χ1v) is 9.41. The van der Waals surface area contributed by atoms with Gasteiger partial charge in [-0.05, 0) is 31.7 Å². The molecule has 2 atom stereocenters. The molecule has 6 heteroatoms. The van der Waals surface area contributed by atoms with Gasteiger partial charge in [0.25, 0.3) is 0 Å². The van der Waals surface area contributed by atoms with Crippen molar-refractivity contribution >= 4 is 29.9 Å². The number of benzene rings is 1. The van der Waals surface area contributed by atoms with Gasteiger partial charge in [0.1, 0.15) is 0 Å². The number of rotatable bonds is 11. The molecule has 1 aromatic rings. The van der Waals surface area contributed by atoms with Crippen LogP contribution in [0.5, 0.6) is 0 Å². The highest BCUT2D eigenvalue weighted by molar-refractivity contribution is 14.0. The van der Waals surface area contributed by atoms with Crippen molar-refractivity contribution in [3.63, 3.8) is 0 Å². The van der Waals surface area contributed by atoms with E-state index in [-0.39, 0.29) is 42.6 Å². The molecule has 0 fully saturated rings. The fourth-order valence-corrected chi connectivity index (χ4v) is 2.69. The van der Waals surface area contributed by atoms with Gasteiger partial charge in [0.05, 0.1) is 19.3 Å². The summed E-state index contributed by atoms with van der Waals surface area (Å²) >= 11 is 0. The Bertz CT molecular complexity index is 483. The lowest BCUT2D eigenvalue weighted by molar-refractivity contribution is 0.0258. The van der Waals surface area contributed by atoms with E-state index < -0.39 is 0 Å².